The molecular weight excluding hydrogens is 188 g/mol. The Bertz CT molecular complexity index is 340. The van der Waals surface area contributed by atoms with Gasteiger partial charge in [-0.15, -0.1) is 0 Å². The molecule has 1 fully saturated rings. The summed E-state index contributed by atoms with van der Waals surface area (Å²) in [4.78, 5) is 13.8. The van der Waals surface area contributed by atoms with E-state index in [2.05, 4.69) is 6.92 Å². The van der Waals surface area contributed by atoms with Crippen LogP contribution >= 0.6 is 0 Å². The van der Waals surface area contributed by atoms with Gasteiger partial charge in [0.05, 0.1) is 0 Å². The first-order chi connectivity index (χ1) is 7.18. The Labute approximate surface area is 89.9 Å². The van der Waals surface area contributed by atoms with Crippen molar-refractivity contribution in [2.45, 2.75) is 13.0 Å². The molecule has 3 heteroatoms. The van der Waals surface area contributed by atoms with Crippen molar-refractivity contribution in [3.63, 3.8) is 0 Å². The average molecular weight is 204 g/mol. The second-order valence-electron chi connectivity index (χ2n) is 4.22. The summed E-state index contributed by atoms with van der Waals surface area (Å²) in [5, 5.41) is 0. The molecule has 80 valence electrons. The second-order valence-corrected chi connectivity index (χ2v) is 4.22. The molecule has 2 atom stereocenters. The summed E-state index contributed by atoms with van der Waals surface area (Å²) >= 11 is 0. The lowest BCUT2D eigenvalue weighted by Gasteiger charge is -2.15. The lowest BCUT2D eigenvalue weighted by atomic mass is 10.1. The Hall–Kier alpha value is -1.35. The summed E-state index contributed by atoms with van der Waals surface area (Å²) < 4.78 is 0. The van der Waals surface area contributed by atoms with Crippen molar-refractivity contribution in [1.82, 2.24) is 4.90 Å². The lowest BCUT2D eigenvalue weighted by molar-refractivity contribution is 0.0787. The Morgan fingerprint density at radius 3 is 2.53 bits per heavy atom. The van der Waals surface area contributed by atoms with Crippen molar-refractivity contribution in [3.8, 4) is 0 Å². The maximum atomic E-state index is 12.0. The number of nitrogens with zero attached hydrogens (tertiary/aromatic N) is 1. The summed E-state index contributed by atoms with van der Waals surface area (Å²) in [6.45, 7) is 3.53. The van der Waals surface area contributed by atoms with Crippen molar-refractivity contribution in [3.05, 3.63) is 35.9 Å². The summed E-state index contributed by atoms with van der Waals surface area (Å²) in [6.07, 6.45) is 0. The molecule has 1 saturated heterocycles. The Morgan fingerprint density at radius 1 is 1.33 bits per heavy atom. The number of rotatable bonds is 1. The van der Waals surface area contributed by atoms with E-state index in [0.717, 1.165) is 12.1 Å². The van der Waals surface area contributed by atoms with Crippen LogP contribution in [0.3, 0.4) is 0 Å². The van der Waals surface area contributed by atoms with Crippen LogP contribution < -0.4 is 5.73 Å². The molecule has 0 unspecified atom stereocenters. The van der Waals surface area contributed by atoms with E-state index >= 15 is 0 Å². The van der Waals surface area contributed by atoms with E-state index in [1.165, 1.54) is 0 Å². The summed E-state index contributed by atoms with van der Waals surface area (Å²) in [5.74, 6) is 0.494. The smallest absolute Gasteiger partial charge is 0.253 e. The van der Waals surface area contributed by atoms with Gasteiger partial charge in [-0.1, -0.05) is 25.1 Å². The first kappa shape index (κ1) is 10.2. The van der Waals surface area contributed by atoms with E-state index in [1.807, 2.05) is 35.2 Å². The van der Waals surface area contributed by atoms with Crippen LogP contribution in [0.1, 0.15) is 17.3 Å². The third-order valence-electron chi connectivity index (χ3n) is 2.98. The van der Waals surface area contributed by atoms with Gasteiger partial charge in [0, 0.05) is 24.7 Å². The quantitative estimate of drug-likeness (QED) is 0.744. The maximum absolute atomic E-state index is 12.0. The van der Waals surface area contributed by atoms with Crippen molar-refractivity contribution >= 4 is 5.91 Å². The molecule has 1 aromatic rings. The third kappa shape index (κ3) is 2.02. The number of amides is 1. The van der Waals surface area contributed by atoms with Crippen molar-refractivity contribution in [2.24, 2.45) is 11.7 Å². The van der Waals surface area contributed by atoms with Crippen LogP contribution in [-0.4, -0.2) is 29.9 Å². The highest BCUT2D eigenvalue weighted by molar-refractivity contribution is 5.94. The number of nitrogens with two attached hydrogens (primary N) is 1. The zero-order valence-corrected chi connectivity index (χ0v) is 8.89. The van der Waals surface area contributed by atoms with Crippen LogP contribution in [0.25, 0.3) is 0 Å². The highest BCUT2D eigenvalue weighted by Crippen LogP contribution is 2.17. The maximum Gasteiger partial charge on any atom is 0.253 e. The third-order valence-corrected chi connectivity index (χ3v) is 2.98. The van der Waals surface area contributed by atoms with Crippen LogP contribution in [0, 0.1) is 5.92 Å². The van der Waals surface area contributed by atoms with Crippen LogP contribution in [0.5, 0.6) is 0 Å². The fraction of sp³-hybridized carbons (Fsp3) is 0.417. The van der Waals surface area contributed by atoms with E-state index in [-0.39, 0.29) is 11.9 Å². The van der Waals surface area contributed by atoms with Crippen molar-refractivity contribution in [1.29, 1.82) is 0 Å². The molecule has 0 spiro atoms. The summed E-state index contributed by atoms with van der Waals surface area (Å²) in [7, 11) is 0. The molecule has 1 amide bonds. The van der Waals surface area contributed by atoms with Gasteiger partial charge in [0.2, 0.25) is 0 Å². The molecule has 0 bridgehead atoms. The number of carbonyl (C=O) groups excluding carboxylic acids is 1. The van der Waals surface area contributed by atoms with Gasteiger partial charge < -0.3 is 10.6 Å². The predicted octanol–water partition coefficient (Wildman–Crippen LogP) is 1.11. The molecule has 15 heavy (non-hydrogen) atoms. The lowest BCUT2D eigenvalue weighted by Crippen LogP contribution is -2.32. The Balaban J connectivity index is 2.10. The van der Waals surface area contributed by atoms with Gasteiger partial charge in [0.15, 0.2) is 0 Å². The van der Waals surface area contributed by atoms with E-state index in [1.54, 1.807) is 0 Å². The predicted molar refractivity (Wildman–Crippen MR) is 59.5 cm³/mol. The fourth-order valence-electron chi connectivity index (χ4n) is 1.92. The molecule has 0 aliphatic carbocycles. The molecule has 1 aliphatic rings. The standard InChI is InChI=1S/C12H16N2O/c1-9-7-14(8-11(9)13)12(15)10-5-3-2-4-6-10/h2-6,9,11H,7-8,13H2,1H3/t9-,11+/m0/s1. The Morgan fingerprint density at radius 2 is 2.00 bits per heavy atom. The van der Waals surface area contributed by atoms with Gasteiger partial charge in [-0.3, -0.25) is 4.79 Å². The number of hydrogen-bond donors (Lipinski definition) is 1. The molecule has 2 N–H and O–H groups in total. The van der Waals surface area contributed by atoms with Crippen molar-refractivity contribution < 1.29 is 4.79 Å². The minimum absolute atomic E-state index is 0.0930. The molecule has 0 saturated carbocycles. The molecule has 1 aliphatic heterocycles. The molecule has 0 radical (unpaired) electrons. The normalized spacial score (nSPS) is 25.6. The SMILES string of the molecule is C[C@H]1CN(C(=O)c2ccccc2)C[C@H]1N. The van der Waals surface area contributed by atoms with E-state index in [0.29, 0.717) is 12.5 Å². The second kappa shape index (κ2) is 4.03. The van der Waals surface area contributed by atoms with E-state index in [9.17, 15) is 4.79 Å². The van der Waals surface area contributed by atoms with Gasteiger partial charge in [-0.05, 0) is 18.1 Å². The van der Waals surface area contributed by atoms with Gasteiger partial charge in [0.25, 0.3) is 5.91 Å². The summed E-state index contributed by atoms with van der Waals surface area (Å²) in [5.41, 5.74) is 6.64. The van der Waals surface area contributed by atoms with Crippen LogP contribution in [0.15, 0.2) is 30.3 Å². The Kier molecular flexibility index (Phi) is 2.73. The topological polar surface area (TPSA) is 46.3 Å². The number of hydrogen-bond acceptors (Lipinski definition) is 2. The fourth-order valence-corrected chi connectivity index (χ4v) is 1.92. The minimum Gasteiger partial charge on any atom is -0.337 e. The number of carbonyl (C=O) groups is 1. The van der Waals surface area contributed by atoms with E-state index < -0.39 is 0 Å². The first-order valence-corrected chi connectivity index (χ1v) is 5.28. The largest absolute Gasteiger partial charge is 0.337 e. The number of benzene rings is 1. The molecule has 0 aromatic heterocycles. The molecule has 3 nitrogen and oxygen atoms in total. The zero-order chi connectivity index (χ0) is 10.8. The molecule has 2 rings (SSSR count). The van der Waals surface area contributed by atoms with Crippen molar-refractivity contribution in [2.75, 3.05) is 13.1 Å². The van der Waals surface area contributed by atoms with Gasteiger partial charge in [-0.2, -0.15) is 0 Å². The molecular formula is C12H16N2O. The monoisotopic (exact) mass is 204 g/mol. The summed E-state index contributed by atoms with van der Waals surface area (Å²) in [6, 6.07) is 9.49. The van der Waals surface area contributed by atoms with Crippen LogP contribution in [0.2, 0.25) is 0 Å². The van der Waals surface area contributed by atoms with E-state index in [4.69, 9.17) is 5.73 Å². The molecule has 1 heterocycles. The van der Waals surface area contributed by atoms with Crippen LogP contribution in [0.4, 0.5) is 0 Å². The average Bonchev–Trinajstić information content (AvgIpc) is 2.59. The van der Waals surface area contributed by atoms with Crippen LogP contribution in [-0.2, 0) is 0 Å². The van der Waals surface area contributed by atoms with Gasteiger partial charge in [-0.25, -0.2) is 0 Å². The first-order valence-electron chi connectivity index (χ1n) is 5.28. The van der Waals surface area contributed by atoms with Gasteiger partial charge in [0.1, 0.15) is 0 Å². The highest BCUT2D eigenvalue weighted by atomic mass is 16.2. The number of likely N-dealkylation sites (tertiary alicyclic amines) is 1. The molecule has 1 aromatic carbocycles. The highest BCUT2D eigenvalue weighted by Gasteiger charge is 2.30. The minimum atomic E-state index is 0.0930. The van der Waals surface area contributed by atoms with Gasteiger partial charge >= 0.3 is 0 Å². The zero-order valence-electron chi connectivity index (χ0n) is 8.89.